The van der Waals surface area contributed by atoms with Crippen LogP contribution < -0.4 is 5.32 Å². The first-order valence-corrected chi connectivity index (χ1v) is 10.5. The Kier molecular flexibility index (Phi) is 6.03. The Morgan fingerprint density at radius 1 is 0.769 bits per heavy atom. The van der Waals surface area contributed by atoms with Crippen LogP contribution in [0.2, 0.25) is 0 Å². The number of nitrogens with one attached hydrogen (secondary N) is 1. The van der Waals surface area contributed by atoms with Crippen LogP contribution in [0.5, 0.6) is 0 Å². The lowest BCUT2D eigenvalue weighted by molar-refractivity contribution is 0.0998. The Labute approximate surface area is 158 Å². The van der Waals surface area contributed by atoms with Crippen molar-refractivity contribution in [3.8, 4) is 0 Å². The van der Waals surface area contributed by atoms with E-state index >= 15 is 0 Å². The van der Waals surface area contributed by atoms with Crippen LogP contribution in [0.4, 0.5) is 0 Å². The zero-order chi connectivity index (χ0) is 17.6. The molecule has 1 saturated carbocycles. The average molecular weight is 349 g/mol. The van der Waals surface area contributed by atoms with Gasteiger partial charge in [-0.25, -0.2) is 0 Å². The number of likely N-dealkylation sites (tertiary alicyclic amines) is 1. The lowest BCUT2D eigenvalue weighted by Crippen LogP contribution is -2.49. The van der Waals surface area contributed by atoms with E-state index in [0.717, 1.165) is 18.5 Å². The summed E-state index contributed by atoms with van der Waals surface area (Å²) < 4.78 is 0. The fraction of sp³-hybridized carbons (Fsp3) is 0.500. The van der Waals surface area contributed by atoms with Gasteiger partial charge >= 0.3 is 0 Å². The van der Waals surface area contributed by atoms with Crippen molar-refractivity contribution in [1.29, 1.82) is 0 Å². The van der Waals surface area contributed by atoms with E-state index in [4.69, 9.17) is 0 Å². The summed E-state index contributed by atoms with van der Waals surface area (Å²) in [6, 6.07) is 23.5. The van der Waals surface area contributed by atoms with Crippen LogP contribution in [0.3, 0.4) is 0 Å². The summed E-state index contributed by atoms with van der Waals surface area (Å²) in [5.74, 6) is 0.735. The molecule has 0 aromatic heterocycles. The van der Waals surface area contributed by atoms with Crippen LogP contribution in [0.15, 0.2) is 60.7 Å². The third kappa shape index (κ3) is 4.36. The second-order valence-corrected chi connectivity index (χ2v) is 8.05. The molecule has 2 aromatic rings. The summed E-state index contributed by atoms with van der Waals surface area (Å²) in [6.45, 7) is 3.50. The van der Waals surface area contributed by atoms with Crippen molar-refractivity contribution in [2.75, 3.05) is 13.1 Å². The second-order valence-electron chi connectivity index (χ2n) is 8.05. The van der Waals surface area contributed by atoms with Gasteiger partial charge < -0.3 is 5.32 Å². The van der Waals surface area contributed by atoms with E-state index in [1.165, 1.54) is 57.2 Å². The average Bonchev–Trinajstić information content (AvgIpc) is 2.74. The van der Waals surface area contributed by atoms with Crippen molar-refractivity contribution < 1.29 is 0 Å². The lowest BCUT2D eigenvalue weighted by Gasteiger charge is -2.43. The van der Waals surface area contributed by atoms with Gasteiger partial charge in [-0.3, -0.25) is 4.90 Å². The molecule has 0 spiro atoms. The minimum Gasteiger partial charge on any atom is -0.310 e. The third-order valence-corrected chi connectivity index (χ3v) is 6.39. The van der Waals surface area contributed by atoms with E-state index in [2.05, 4.69) is 70.9 Å². The SMILES string of the molecule is c1ccc(CNC2CCN([C@@H]3CCCC[C@@H]3c3ccccc3)CC2)cc1. The smallest absolute Gasteiger partial charge is 0.0208 e. The van der Waals surface area contributed by atoms with Gasteiger partial charge in [-0.05, 0) is 55.8 Å². The van der Waals surface area contributed by atoms with E-state index in [-0.39, 0.29) is 0 Å². The fourth-order valence-electron chi connectivity index (χ4n) is 4.93. The molecule has 1 saturated heterocycles. The summed E-state index contributed by atoms with van der Waals surface area (Å²) in [5.41, 5.74) is 2.95. The predicted molar refractivity (Wildman–Crippen MR) is 109 cm³/mol. The molecular formula is C24H32N2. The summed E-state index contributed by atoms with van der Waals surface area (Å²) in [7, 11) is 0. The molecule has 2 heteroatoms. The Morgan fingerprint density at radius 2 is 1.42 bits per heavy atom. The zero-order valence-electron chi connectivity index (χ0n) is 15.8. The fourth-order valence-corrected chi connectivity index (χ4v) is 4.93. The molecule has 4 rings (SSSR count). The van der Waals surface area contributed by atoms with Crippen molar-refractivity contribution in [3.05, 3.63) is 71.8 Å². The lowest BCUT2D eigenvalue weighted by atomic mass is 9.78. The van der Waals surface area contributed by atoms with Gasteiger partial charge in [-0.1, -0.05) is 73.5 Å². The zero-order valence-corrected chi connectivity index (χ0v) is 15.8. The van der Waals surface area contributed by atoms with Crippen LogP contribution in [0.25, 0.3) is 0 Å². The molecular weight excluding hydrogens is 316 g/mol. The van der Waals surface area contributed by atoms with Gasteiger partial charge in [0, 0.05) is 18.6 Å². The first-order valence-electron chi connectivity index (χ1n) is 10.5. The number of nitrogens with zero attached hydrogens (tertiary/aromatic N) is 1. The first kappa shape index (κ1) is 17.8. The van der Waals surface area contributed by atoms with E-state index < -0.39 is 0 Å². The number of hydrogen-bond acceptors (Lipinski definition) is 2. The number of hydrogen-bond donors (Lipinski definition) is 1. The quantitative estimate of drug-likeness (QED) is 0.821. The highest BCUT2D eigenvalue weighted by atomic mass is 15.2. The van der Waals surface area contributed by atoms with Crippen molar-refractivity contribution in [2.24, 2.45) is 0 Å². The van der Waals surface area contributed by atoms with Crippen LogP contribution >= 0.6 is 0 Å². The largest absolute Gasteiger partial charge is 0.310 e. The van der Waals surface area contributed by atoms with Crippen molar-refractivity contribution >= 4 is 0 Å². The molecule has 138 valence electrons. The van der Waals surface area contributed by atoms with Crippen LogP contribution in [0.1, 0.15) is 55.6 Å². The Balaban J connectivity index is 1.31. The highest BCUT2D eigenvalue weighted by Crippen LogP contribution is 2.37. The van der Waals surface area contributed by atoms with Gasteiger partial charge in [0.15, 0.2) is 0 Å². The number of rotatable bonds is 5. The molecule has 2 atom stereocenters. The van der Waals surface area contributed by atoms with Crippen LogP contribution in [-0.2, 0) is 6.54 Å². The topological polar surface area (TPSA) is 15.3 Å². The van der Waals surface area contributed by atoms with Gasteiger partial charge in [0.1, 0.15) is 0 Å². The van der Waals surface area contributed by atoms with Crippen molar-refractivity contribution in [3.63, 3.8) is 0 Å². The van der Waals surface area contributed by atoms with Crippen LogP contribution in [-0.4, -0.2) is 30.1 Å². The molecule has 0 unspecified atom stereocenters. The minimum absolute atomic E-state index is 0.672. The van der Waals surface area contributed by atoms with E-state index in [0.29, 0.717) is 6.04 Å². The summed E-state index contributed by atoms with van der Waals surface area (Å²) in [5, 5.41) is 3.78. The van der Waals surface area contributed by atoms with Gasteiger partial charge in [0.25, 0.3) is 0 Å². The standard InChI is InChI=1S/C24H32N2/c1-3-9-20(10-4-1)19-25-22-15-17-26(18-16-22)24-14-8-7-13-23(24)21-11-5-2-6-12-21/h1-6,9-12,22-25H,7-8,13-19H2/t23-,24-/m1/s1. The molecule has 0 bridgehead atoms. The number of benzene rings is 2. The molecule has 0 amide bonds. The predicted octanol–water partition coefficient (Wildman–Crippen LogP) is 4.97. The van der Waals surface area contributed by atoms with Gasteiger partial charge in [0.2, 0.25) is 0 Å². The molecule has 1 aliphatic heterocycles. The molecule has 1 aliphatic carbocycles. The third-order valence-electron chi connectivity index (χ3n) is 6.39. The van der Waals surface area contributed by atoms with Crippen molar-refractivity contribution in [2.45, 2.75) is 63.1 Å². The normalized spacial score (nSPS) is 25.2. The monoisotopic (exact) mass is 348 g/mol. The molecule has 2 fully saturated rings. The van der Waals surface area contributed by atoms with Gasteiger partial charge in [-0.2, -0.15) is 0 Å². The highest BCUT2D eigenvalue weighted by Gasteiger charge is 2.33. The first-order chi connectivity index (χ1) is 12.9. The van der Waals surface area contributed by atoms with Gasteiger partial charge in [0.05, 0.1) is 0 Å². The highest BCUT2D eigenvalue weighted by molar-refractivity contribution is 5.22. The van der Waals surface area contributed by atoms with Gasteiger partial charge in [-0.15, -0.1) is 0 Å². The minimum atomic E-state index is 0.672. The Bertz CT molecular complexity index is 646. The van der Waals surface area contributed by atoms with E-state index in [9.17, 15) is 0 Å². The molecule has 1 N–H and O–H groups in total. The number of piperidine rings is 1. The van der Waals surface area contributed by atoms with Crippen molar-refractivity contribution in [1.82, 2.24) is 10.2 Å². The van der Waals surface area contributed by atoms with E-state index in [1.807, 2.05) is 0 Å². The maximum Gasteiger partial charge on any atom is 0.0208 e. The molecule has 2 aromatic carbocycles. The summed E-state index contributed by atoms with van der Waals surface area (Å²) in [4.78, 5) is 2.80. The maximum atomic E-state index is 3.78. The van der Waals surface area contributed by atoms with Crippen LogP contribution in [0, 0.1) is 0 Å². The maximum absolute atomic E-state index is 3.78. The Hall–Kier alpha value is -1.64. The summed E-state index contributed by atoms with van der Waals surface area (Å²) in [6.07, 6.45) is 8.10. The summed E-state index contributed by atoms with van der Waals surface area (Å²) >= 11 is 0. The molecule has 2 nitrogen and oxygen atoms in total. The molecule has 26 heavy (non-hydrogen) atoms. The second kappa shape index (κ2) is 8.83. The Morgan fingerprint density at radius 3 is 2.15 bits per heavy atom. The molecule has 1 heterocycles. The molecule has 2 aliphatic rings. The molecule has 0 radical (unpaired) electrons. The van der Waals surface area contributed by atoms with E-state index in [1.54, 1.807) is 5.56 Å².